The third kappa shape index (κ3) is 3.72. The zero-order valence-corrected chi connectivity index (χ0v) is 19.2. The molecule has 0 bridgehead atoms. The van der Waals surface area contributed by atoms with Crippen LogP contribution < -0.4 is 5.43 Å². The first kappa shape index (κ1) is 20.1. The summed E-state index contributed by atoms with van der Waals surface area (Å²) in [6, 6.07) is 14.7. The number of hydrogen-bond acceptors (Lipinski definition) is 5. The van der Waals surface area contributed by atoms with Crippen LogP contribution in [0.15, 0.2) is 53.9 Å². The molecular weight excluding hydrogens is 400 g/mol. The van der Waals surface area contributed by atoms with Gasteiger partial charge in [-0.15, -0.1) is 11.3 Å². The van der Waals surface area contributed by atoms with Crippen LogP contribution in [0.25, 0.3) is 21.0 Å². The van der Waals surface area contributed by atoms with Gasteiger partial charge < -0.3 is 0 Å². The van der Waals surface area contributed by atoms with E-state index in [0.717, 1.165) is 34.4 Å². The van der Waals surface area contributed by atoms with E-state index in [9.17, 15) is 0 Å². The summed E-state index contributed by atoms with van der Waals surface area (Å²) in [5.41, 5.74) is 6.10. The molecule has 0 saturated heterocycles. The van der Waals surface area contributed by atoms with E-state index in [0.29, 0.717) is 11.3 Å². The SMILES string of the molecule is CCC(C)(C)[C@H]1CCc2sc3ncnc(N/N=C/c4cccc5ccccc45)c3c2C1. The number of nitrogens with one attached hydrogen (secondary N) is 1. The highest BCUT2D eigenvalue weighted by molar-refractivity contribution is 7.19. The van der Waals surface area contributed by atoms with Gasteiger partial charge in [0.05, 0.1) is 11.6 Å². The van der Waals surface area contributed by atoms with E-state index in [-0.39, 0.29) is 0 Å². The molecular formula is C26H28N4S. The van der Waals surface area contributed by atoms with Crippen molar-refractivity contribution in [1.82, 2.24) is 9.97 Å². The van der Waals surface area contributed by atoms with E-state index >= 15 is 0 Å². The topological polar surface area (TPSA) is 50.2 Å². The van der Waals surface area contributed by atoms with Gasteiger partial charge in [-0.25, -0.2) is 9.97 Å². The summed E-state index contributed by atoms with van der Waals surface area (Å²) >= 11 is 1.82. The predicted octanol–water partition coefficient (Wildman–Crippen LogP) is 6.83. The van der Waals surface area contributed by atoms with Crippen LogP contribution in [0.5, 0.6) is 0 Å². The van der Waals surface area contributed by atoms with Crippen LogP contribution in [-0.4, -0.2) is 16.2 Å². The van der Waals surface area contributed by atoms with Gasteiger partial charge >= 0.3 is 0 Å². The number of aryl methyl sites for hydroxylation is 1. The third-order valence-electron chi connectivity index (χ3n) is 7.05. The monoisotopic (exact) mass is 428 g/mol. The number of rotatable bonds is 5. The zero-order valence-electron chi connectivity index (χ0n) is 18.4. The molecule has 1 aliphatic rings. The zero-order chi connectivity index (χ0) is 21.4. The number of thiophene rings is 1. The maximum Gasteiger partial charge on any atom is 0.158 e. The Balaban J connectivity index is 1.47. The van der Waals surface area contributed by atoms with Crippen molar-refractivity contribution in [2.24, 2.45) is 16.4 Å². The van der Waals surface area contributed by atoms with Crippen LogP contribution in [0.2, 0.25) is 0 Å². The fourth-order valence-corrected chi connectivity index (χ4v) is 5.86. The van der Waals surface area contributed by atoms with Gasteiger partial charge in [0, 0.05) is 10.4 Å². The minimum Gasteiger partial charge on any atom is -0.261 e. The minimum atomic E-state index is 0.349. The Hall–Kier alpha value is -2.79. The van der Waals surface area contributed by atoms with Gasteiger partial charge in [-0.2, -0.15) is 5.10 Å². The molecule has 0 amide bonds. The number of fused-ring (bicyclic) bond motifs is 4. The van der Waals surface area contributed by atoms with E-state index in [1.54, 1.807) is 6.33 Å². The molecule has 4 aromatic rings. The summed E-state index contributed by atoms with van der Waals surface area (Å²) in [4.78, 5) is 11.7. The second kappa shape index (κ2) is 8.04. The molecule has 1 aliphatic carbocycles. The van der Waals surface area contributed by atoms with Crippen molar-refractivity contribution in [1.29, 1.82) is 0 Å². The predicted molar refractivity (Wildman–Crippen MR) is 132 cm³/mol. The summed E-state index contributed by atoms with van der Waals surface area (Å²) in [6.45, 7) is 7.11. The van der Waals surface area contributed by atoms with Crippen molar-refractivity contribution in [3.8, 4) is 0 Å². The molecule has 2 heterocycles. The van der Waals surface area contributed by atoms with Crippen molar-refractivity contribution >= 4 is 44.4 Å². The Labute approximate surface area is 187 Å². The summed E-state index contributed by atoms with van der Waals surface area (Å²) in [6.07, 6.45) is 8.24. The summed E-state index contributed by atoms with van der Waals surface area (Å²) in [5, 5.41) is 8.14. The Morgan fingerprint density at radius 3 is 2.87 bits per heavy atom. The average Bonchev–Trinajstić information content (AvgIpc) is 3.18. The fourth-order valence-electron chi connectivity index (χ4n) is 4.67. The lowest BCUT2D eigenvalue weighted by Crippen LogP contribution is -2.28. The van der Waals surface area contributed by atoms with E-state index < -0.39 is 0 Å². The van der Waals surface area contributed by atoms with Crippen LogP contribution >= 0.6 is 11.3 Å². The Morgan fingerprint density at radius 1 is 1.16 bits per heavy atom. The van der Waals surface area contributed by atoms with Crippen LogP contribution in [0.4, 0.5) is 5.82 Å². The second-order valence-electron chi connectivity index (χ2n) is 9.13. The highest BCUT2D eigenvalue weighted by Gasteiger charge is 2.33. The number of hydrazone groups is 1. The van der Waals surface area contributed by atoms with E-state index in [4.69, 9.17) is 0 Å². The molecule has 4 nitrogen and oxygen atoms in total. The lowest BCUT2D eigenvalue weighted by molar-refractivity contribution is 0.184. The Morgan fingerprint density at radius 2 is 2.00 bits per heavy atom. The molecule has 0 aliphatic heterocycles. The summed E-state index contributed by atoms with van der Waals surface area (Å²) < 4.78 is 0. The number of anilines is 1. The van der Waals surface area contributed by atoms with Gasteiger partial charge in [0.2, 0.25) is 0 Å². The van der Waals surface area contributed by atoms with Gasteiger partial charge in [0.15, 0.2) is 5.82 Å². The lowest BCUT2D eigenvalue weighted by atomic mass is 9.69. The molecule has 5 rings (SSSR count). The van der Waals surface area contributed by atoms with E-state index in [1.807, 2.05) is 17.6 Å². The Kier molecular flexibility index (Phi) is 5.22. The van der Waals surface area contributed by atoms with Gasteiger partial charge in [-0.3, -0.25) is 5.43 Å². The molecule has 0 fully saturated rings. The first-order chi connectivity index (χ1) is 15.1. The van der Waals surface area contributed by atoms with Crippen LogP contribution in [0.1, 0.15) is 49.6 Å². The molecule has 0 radical (unpaired) electrons. The van der Waals surface area contributed by atoms with E-state index in [1.165, 1.54) is 34.1 Å². The van der Waals surface area contributed by atoms with Crippen molar-refractivity contribution in [2.75, 3.05) is 5.43 Å². The van der Waals surface area contributed by atoms with Gasteiger partial charge in [0.25, 0.3) is 0 Å². The molecule has 1 atom stereocenters. The van der Waals surface area contributed by atoms with Gasteiger partial charge in [0.1, 0.15) is 11.2 Å². The van der Waals surface area contributed by atoms with Gasteiger partial charge in [-0.05, 0) is 46.9 Å². The first-order valence-electron chi connectivity index (χ1n) is 11.1. The standard InChI is InChI=1S/C26H28N4S/c1-4-26(2,3)19-12-13-22-21(14-19)23-24(27-16-28-25(23)31-22)30-29-15-18-10-7-9-17-8-5-6-11-20(17)18/h5-11,15-16,19H,4,12-14H2,1-3H3,(H,27,28,30)/b29-15+/t19-/m0/s1. The lowest BCUT2D eigenvalue weighted by Gasteiger charge is -2.36. The summed E-state index contributed by atoms with van der Waals surface area (Å²) in [7, 11) is 0. The summed E-state index contributed by atoms with van der Waals surface area (Å²) in [5.74, 6) is 1.50. The van der Waals surface area contributed by atoms with Gasteiger partial charge in [-0.1, -0.05) is 69.7 Å². The fraction of sp³-hybridized carbons (Fsp3) is 0.346. The molecule has 0 unspecified atom stereocenters. The maximum absolute atomic E-state index is 4.58. The molecule has 2 aromatic heterocycles. The molecule has 158 valence electrons. The highest BCUT2D eigenvalue weighted by Crippen LogP contribution is 2.45. The van der Waals surface area contributed by atoms with Crippen LogP contribution in [-0.2, 0) is 12.8 Å². The number of benzene rings is 2. The number of hydrogen-bond donors (Lipinski definition) is 1. The molecule has 2 aromatic carbocycles. The maximum atomic E-state index is 4.58. The van der Waals surface area contributed by atoms with Crippen LogP contribution in [0.3, 0.4) is 0 Å². The number of aromatic nitrogens is 2. The Bertz CT molecular complexity index is 1270. The largest absolute Gasteiger partial charge is 0.261 e. The molecule has 0 spiro atoms. The first-order valence-corrected chi connectivity index (χ1v) is 11.9. The third-order valence-corrected chi connectivity index (χ3v) is 8.25. The molecule has 5 heteroatoms. The van der Waals surface area contributed by atoms with Crippen molar-refractivity contribution < 1.29 is 0 Å². The minimum absolute atomic E-state index is 0.349. The molecule has 1 N–H and O–H groups in total. The smallest absolute Gasteiger partial charge is 0.158 e. The highest BCUT2D eigenvalue weighted by atomic mass is 32.1. The quantitative estimate of drug-likeness (QED) is 0.280. The average molecular weight is 429 g/mol. The number of nitrogens with zero attached hydrogens (tertiary/aromatic N) is 3. The normalized spacial score (nSPS) is 16.8. The van der Waals surface area contributed by atoms with Crippen LogP contribution in [0, 0.1) is 11.3 Å². The van der Waals surface area contributed by atoms with Crippen molar-refractivity contribution in [3.05, 3.63) is 64.8 Å². The second-order valence-corrected chi connectivity index (χ2v) is 10.2. The molecule has 0 saturated carbocycles. The van der Waals surface area contributed by atoms with Crippen molar-refractivity contribution in [2.45, 2.75) is 46.5 Å². The van der Waals surface area contributed by atoms with Crippen molar-refractivity contribution in [3.63, 3.8) is 0 Å². The molecule has 31 heavy (non-hydrogen) atoms. The van der Waals surface area contributed by atoms with E-state index in [2.05, 4.69) is 83.7 Å².